The number of hydrogen-bond acceptors (Lipinski definition) is 9. The summed E-state index contributed by atoms with van der Waals surface area (Å²) in [6, 6.07) is 12.3. The van der Waals surface area contributed by atoms with Gasteiger partial charge in [-0.05, 0) is 24.1 Å². The van der Waals surface area contributed by atoms with Gasteiger partial charge in [-0.1, -0.05) is 37.3 Å². The first kappa shape index (κ1) is 20.8. The number of benzene rings is 1. The van der Waals surface area contributed by atoms with Crippen LogP contribution in [0.2, 0.25) is 0 Å². The number of carbonyl (C=O) groups is 2. The number of nitrogens with two attached hydrogens (primary N) is 1. The second kappa shape index (κ2) is 8.38. The second-order valence-corrected chi connectivity index (χ2v) is 6.85. The van der Waals surface area contributed by atoms with E-state index in [1.54, 1.807) is 6.07 Å². The Labute approximate surface area is 182 Å². The molecular formula is C21H21N7O4. The lowest BCUT2D eigenvalue weighted by atomic mass is 9.87. The van der Waals surface area contributed by atoms with Gasteiger partial charge in [0, 0.05) is 0 Å². The molecule has 11 heteroatoms. The van der Waals surface area contributed by atoms with Crippen LogP contribution in [0.25, 0.3) is 11.0 Å². The number of ether oxygens (including phenoxy) is 1. The number of nitrogens with one attached hydrogen (secondary N) is 2. The Balaban J connectivity index is 1.81. The zero-order chi connectivity index (χ0) is 22.7. The molecule has 0 spiro atoms. The zero-order valence-corrected chi connectivity index (χ0v) is 17.4. The lowest BCUT2D eigenvalue weighted by molar-refractivity contribution is -0.149. The van der Waals surface area contributed by atoms with E-state index in [-0.39, 0.29) is 17.5 Å². The topological polar surface area (TPSA) is 150 Å². The highest BCUT2D eigenvalue weighted by Crippen LogP contribution is 2.35. The Kier molecular flexibility index (Phi) is 5.46. The van der Waals surface area contributed by atoms with E-state index >= 15 is 0 Å². The van der Waals surface area contributed by atoms with Gasteiger partial charge in [-0.25, -0.2) is 9.48 Å². The number of fused-ring (bicyclic) bond motifs is 1. The first-order chi connectivity index (χ1) is 15.5. The van der Waals surface area contributed by atoms with Gasteiger partial charge >= 0.3 is 11.9 Å². The van der Waals surface area contributed by atoms with Crippen molar-refractivity contribution in [3.8, 4) is 0 Å². The van der Waals surface area contributed by atoms with E-state index in [9.17, 15) is 9.59 Å². The fourth-order valence-corrected chi connectivity index (χ4v) is 3.59. The summed E-state index contributed by atoms with van der Waals surface area (Å²) in [4.78, 5) is 33.8. The van der Waals surface area contributed by atoms with Crippen LogP contribution in [0.1, 0.15) is 29.5 Å². The van der Waals surface area contributed by atoms with Gasteiger partial charge in [0.15, 0.2) is 22.8 Å². The van der Waals surface area contributed by atoms with Crippen molar-refractivity contribution in [2.45, 2.75) is 18.9 Å². The summed E-state index contributed by atoms with van der Waals surface area (Å²) in [6.45, 7) is 1.85. The van der Waals surface area contributed by atoms with Gasteiger partial charge in [-0.15, -0.1) is 0 Å². The van der Waals surface area contributed by atoms with Crippen LogP contribution in [0.3, 0.4) is 0 Å². The van der Waals surface area contributed by atoms with Crippen molar-refractivity contribution >= 4 is 34.7 Å². The van der Waals surface area contributed by atoms with E-state index in [1.165, 1.54) is 30.3 Å². The standard InChI is InChI=1S/C21H21N7O4/c1-3-21(19(30)31-2,13-8-5-4-6-9-13)28-17-14(12-23-28)16(24-20(22)25-17)26-27-18(29)15-10-7-11-32-15/h4-12H,3H2,1-2H3,(H,27,29)(H3,22,24,25,26). The highest BCUT2D eigenvalue weighted by Gasteiger charge is 2.44. The molecule has 0 fully saturated rings. The quantitative estimate of drug-likeness (QED) is 0.293. The molecule has 11 nitrogen and oxygen atoms in total. The van der Waals surface area contributed by atoms with Crippen LogP contribution in [0.15, 0.2) is 59.3 Å². The van der Waals surface area contributed by atoms with E-state index in [0.29, 0.717) is 23.0 Å². The number of nitrogens with zero attached hydrogens (tertiary/aromatic N) is 4. The van der Waals surface area contributed by atoms with Crippen molar-refractivity contribution in [1.82, 2.24) is 25.2 Å². The van der Waals surface area contributed by atoms with E-state index in [1.807, 2.05) is 37.3 Å². The maximum Gasteiger partial charge on any atom is 0.338 e. The molecular weight excluding hydrogens is 414 g/mol. The average Bonchev–Trinajstić information content (AvgIpc) is 3.50. The van der Waals surface area contributed by atoms with Crippen LogP contribution in [-0.4, -0.2) is 38.7 Å². The molecule has 0 aliphatic heterocycles. The second-order valence-electron chi connectivity index (χ2n) is 6.85. The summed E-state index contributed by atoms with van der Waals surface area (Å²) in [5.74, 6) is -0.756. The number of methoxy groups -OCH3 is 1. The molecule has 1 unspecified atom stereocenters. The summed E-state index contributed by atoms with van der Waals surface area (Å²) in [5, 5.41) is 4.89. The normalized spacial score (nSPS) is 12.8. The smallest absolute Gasteiger partial charge is 0.338 e. The highest BCUT2D eigenvalue weighted by atomic mass is 16.5. The van der Waals surface area contributed by atoms with E-state index in [4.69, 9.17) is 14.9 Å². The predicted octanol–water partition coefficient (Wildman–Crippen LogP) is 2.08. The van der Waals surface area contributed by atoms with Gasteiger partial charge in [0.2, 0.25) is 5.95 Å². The number of anilines is 2. The predicted molar refractivity (Wildman–Crippen MR) is 115 cm³/mol. The fraction of sp³-hybridized carbons (Fsp3) is 0.190. The van der Waals surface area contributed by atoms with Crippen LogP contribution in [0.5, 0.6) is 0 Å². The molecule has 4 aromatic rings. The summed E-state index contributed by atoms with van der Waals surface area (Å²) in [6.07, 6.45) is 3.22. The number of nitrogen functional groups attached to an aromatic ring is 1. The Hall–Kier alpha value is -4.41. The van der Waals surface area contributed by atoms with Crippen LogP contribution in [-0.2, 0) is 15.1 Å². The third-order valence-electron chi connectivity index (χ3n) is 5.13. The molecule has 0 radical (unpaired) electrons. The number of hydrogen-bond donors (Lipinski definition) is 3. The van der Waals surface area contributed by atoms with Gasteiger partial charge < -0.3 is 14.9 Å². The molecule has 1 aromatic carbocycles. The fourth-order valence-electron chi connectivity index (χ4n) is 3.59. The van der Waals surface area contributed by atoms with Crippen LogP contribution < -0.4 is 16.6 Å². The Morgan fingerprint density at radius 3 is 2.62 bits per heavy atom. The lowest BCUT2D eigenvalue weighted by Gasteiger charge is -2.31. The summed E-state index contributed by atoms with van der Waals surface area (Å²) in [5.41, 5.74) is 10.8. The first-order valence-electron chi connectivity index (χ1n) is 9.76. The number of carbonyl (C=O) groups excluding carboxylic acids is 2. The van der Waals surface area contributed by atoms with Crippen molar-refractivity contribution in [3.63, 3.8) is 0 Å². The summed E-state index contributed by atoms with van der Waals surface area (Å²) in [7, 11) is 1.32. The molecule has 164 valence electrons. The largest absolute Gasteiger partial charge is 0.467 e. The molecule has 4 N–H and O–H groups in total. The third-order valence-corrected chi connectivity index (χ3v) is 5.13. The van der Waals surface area contributed by atoms with Gasteiger partial charge in [0.25, 0.3) is 0 Å². The number of rotatable bonds is 7. The molecule has 3 heterocycles. The van der Waals surface area contributed by atoms with E-state index in [2.05, 4.69) is 25.9 Å². The van der Waals surface area contributed by atoms with Gasteiger partial charge in [0.1, 0.15) is 0 Å². The monoisotopic (exact) mass is 435 g/mol. The number of aromatic nitrogens is 4. The first-order valence-corrected chi connectivity index (χ1v) is 9.76. The molecule has 0 saturated carbocycles. The SMILES string of the molecule is CCC(C(=O)OC)(c1ccccc1)n1ncc2c(NNC(=O)c3ccco3)nc(N)nc21. The van der Waals surface area contributed by atoms with Gasteiger partial charge in [-0.3, -0.25) is 15.6 Å². The number of furan rings is 1. The van der Waals surface area contributed by atoms with Gasteiger partial charge in [-0.2, -0.15) is 15.1 Å². The molecule has 1 atom stereocenters. The highest BCUT2D eigenvalue weighted by molar-refractivity contribution is 5.94. The number of esters is 1. The molecule has 0 aliphatic carbocycles. The summed E-state index contributed by atoms with van der Waals surface area (Å²) < 4.78 is 11.7. The molecule has 1 amide bonds. The Bertz CT molecular complexity index is 1250. The lowest BCUT2D eigenvalue weighted by Crippen LogP contribution is -2.44. The molecule has 0 saturated heterocycles. The van der Waals surface area contributed by atoms with Crippen LogP contribution >= 0.6 is 0 Å². The average molecular weight is 435 g/mol. The third kappa shape index (κ3) is 3.39. The molecule has 3 aromatic heterocycles. The van der Waals surface area contributed by atoms with E-state index in [0.717, 1.165) is 0 Å². The Morgan fingerprint density at radius 2 is 1.97 bits per heavy atom. The van der Waals surface area contributed by atoms with Gasteiger partial charge in [0.05, 0.1) is 25.0 Å². The van der Waals surface area contributed by atoms with Crippen LogP contribution in [0.4, 0.5) is 11.8 Å². The maximum absolute atomic E-state index is 13.1. The molecule has 32 heavy (non-hydrogen) atoms. The van der Waals surface area contributed by atoms with Crippen molar-refractivity contribution in [2.75, 3.05) is 18.3 Å². The summed E-state index contributed by atoms with van der Waals surface area (Å²) >= 11 is 0. The number of hydrazine groups is 1. The van der Waals surface area contributed by atoms with Crippen molar-refractivity contribution in [1.29, 1.82) is 0 Å². The molecule has 4 rings (SSSR count). The Morgan fingerprint density at radius 1 is 1.19 bits per heavy atom. The molecule has 0 bridgehead atoms. The van der Waals surface area contributed by atoms with Crippen molar-refractivity contribution in [3.05, 3.63) is 66.2 Å². The minimum absolute atomic E-state index is 0.0723. The number of amides is 1. The van der Waals surface area contributed by atoms with Crippen molar-refractivity contribution < 1.29 is 18.7 Å². The zero-order valence-electron chi connectivity index (χ0n) is 17.4. The minimum Gasteiger partial charge on any atom is -0.467 e. The van der Waals surface area contributed by atoms with E-state index < -0.39 is 17.4 Å². The molecule has 0 aliphatic rings. The minimum atomic E-state index is -1.28. The van der Waals surface area contributed by atoms with Crippen LogP contribution in [0, 0.1) is 0 Å². The van der Waals surface area contributed by atoms with Crippen molar-refractivity contribution in [2.24, 2.45) is 0 Å². The maximum atomic E-state index is 13.1.